The summed E-state index contributed by atoms with van der Waals surface area (Å²) >= 11 is 0. The first-order valence-electron chi connectivity index (χ1n) is 32.8. The van der Waals surface area contributed by atoms with Crippen LogP contribution in [0.25, 0.3) is 0 Å². The number of unbranched alkanes of at least 4 members (excludes halogenated alkanes) is 38. The predicted molar refractivity (Wildman–Crippen MR) is 312 cm³/mol. The Labute approximate surface area is 480 Å². The van der Waals surface area contributed by atoms with Crippen molar-refractivity contribution < 1.29 is 73.8 Å². The normalized spacial score (nSPS) is 23.9. The van der Waals surface area contributed by atoms with Crippen LogP contribution in [0.5, 0.6) is 0 Å². The van der Waals surface area contributed by atoms with Crippen molar-refractivity contribution in [2.24, 2.45) is 0 Å². The van der Waals surface area contributed by atoms with Crippen LogP contribution in [0, 0.1) is 0 Å². The van der Waals surface area contributed by atoms with E-state index in [1.54, 1.807) is 0 Å². The second-order valence-electron chi connectivity index (χ2n) is 23.3. The van der Waals surface area contributed by atoms with Crippen molar-refractivity contribution in [2.75, 3.05) is 26.4 Å². The van der Waals surface area contributed by atoms with Gasteiger partial charge in [-0.05, 0) is 38.5 Å². The molecule has 4 unspecified atom stereocenters. The molecular formula is C64H120O15. The number of carbonyl (C=O) groups excluding carboxylic acids is 2. The third-order valence-corrected chi connectivity index (χ3v) is 16.0. The molecule has 0 bridgehead atoms. The third-order valence-electron chi connectivity index (χ3n) is 16.0. The second kappa shape index (κ2) is 50.7. The lowest BCUT2D eigenvalue weighted by Crippen LogP contribution is -2.61. The van der Waals surface area contributed by atoms with Crippen molar-refractivity contribution in [3.8, 4) is 0 Å². The molecule has 2 heterocycles. The van der Waals surface area contributed by atoms with Gasteiger partial charge in [-0.2, -0.15) is 0 Å². The highest BCUT2D eigenvalue weighted by Gasteiger charge is 2.47. The molecule has 0 spiro atoms. The van der Waals surface area contributed by atoms with E-state index in [-0.39, 0.29) is 26.1 Å². The van der Waals surface area contributed by atoms with Crippen LogP contribution in [0.4, 0.5) is 0 Å². The molecule has 466 valence electrons. The highest BCUT2D eigenvalue weighted by Crippen LogP contribution is 2.27. The smallest absolute Gasteiger partial charge is 0.306 e. The molecule has 15 nitrogen and oxygen atoms in total. The summed E-state index contributed by atoms with van der Waals surface area (Å²) in [7, 11) is 0. The number of hydrogen-bond acceptors (Lipinski definition) is 15. The number of esters is 2. The van der Waals surface area contributed by atoms with Gasteiger partial charge >= 0.3 is 11.9 Å². The Bertz CT molecular complexity index is 1420. The van der Waals surface area contributed by atoms with Crippen molar-refractivity contribution in [1.29, 1.82) is 0 Å². The van der Waals surface area contributed by atoms with Crippen LogP contribution in [0.2, 0.25) is 0 Å². The van der Waals surface area contributed by atoms with Crippen LogP contribution in [-0.4, -0.2) is 142 Å². The maximum absolute atomic E-state index is 13.1. The van der Waals surface area contributed by atoms with Gasteiger partial charge in [0.1, 0.15) is 55.4 Å². The van der Waals surface area contributed by atoms with E-state index >= 15 is 0 Å². The number of allylic oxidation sites excluding steroid dienone is 2. The SMILES string of the molecule is CCCCCCCC/C=C/CCCCCCCCCCCCCC(=O)OC[C@H](CO[C@H]1O[C@@H](CO[C@H]2O[C@@H](CO)[C@@H](O)C(O)C2O)[C@@H](O)C(O)C1O)OC(=O)CCCCCCCCCCCCCCCCCCCCCCCC. The Hall–Kier alpha value is -1.76. The molecule has 2 fully saturated rings. The van der Waals surface area contributed by atoms with Gasteiger partial charge in [-0.1, -0.05) is 251 Å². The average molecular weight is 1130 g/mol. The molecule has 0 aliphatic carbocycles. The molecule has 11 atom stereocenters. The summed E-state index contributed by atoms with van der Waals surface area (Å²) in [5.74, 6) is -0.905. The summed E-state index contributed by atoms with van der Waals surface area (Å²) in [5, 5.41) is 72.5. The van der Waals surface area contributed by atoms with Gasteiger partial charge in [0.15, 0.2) is 18.7 Å². The number of hydrogen-bond donors (Lipinski definition) is 7. The minimum atomic E-state index is -1.76. The van der Waals surface area contributed by atoms with Crippen molar-refractivity contribution in [1.82, 2.24) is 0 Å². The molecule has 7 N–H and O–H groups in total. The maximum Gasteiger partial charge on any atom is 0.306 e. The summed E-state index contributed by atoms with van der Waals surface area (Å²) in [6.45, 7) is 2.67. The van der Waals surface area contributed by atoms with Crippen LogP contribution in [0.1, 0.15) is 290 Å². The van der Waals surface area contributed by atoms with Crippen LogP contribution >= 0.6 is 0 Å². The number of aliphatic hydroxyl groups is 7. The van der Waals surface area contributed by atoms with Crippen LogP contribution in [-0.2, 0) is 38.0 Å². The molecule has 15 heteroatoms. The average Bonchev–Trinajstić information content (AvgIpc) is 3.52. The summed E-state index contributed by atoms with van der Waals surface area (Å²) in [6.07, 6.45) is 39.5. The van der Waals surface area contributed by atoms with Gasteiger partial charge in [0, 0.05) is 12.8 Å². The lowest BCUT2D eigenvalue weighted by atomic mass is 9.98. The van der Waals surface area contributed by atoms with Gasteiger partial charge in [0.05, 0.1) is 19.8 Å². The standard InChI is InChI=1S/C64H120O15/c1-3-5-7-9-11-13-15-17-19-21-23-25-27-29-31-33-35-37-39-41-43-45-47-56(67)77-52(50-75-63-62(73)60(71)58(69)54(79-63)51-76-64-61(72)59(70)57(68)53(48-65)78-64)49-74-55(66)46-44-42-40-38-36-34-32-30-28-26-24-22-20-18-16-14-12-10-8-6-4-2/h18,20,52-54,57-65,68-73H,3-17,19,21-51H2,1-2H3/b20-18+/t52-,53+,54+,57-,58-,59?,60?,61?,62?,63+,64+/m1/s1. The van der Waals surface area contributed by atoms with E-state index in [1.165, 1.54) is 212 Å². The molecular weight excluding hydrogens is 1010 g/mol. The molecule has 0 aromatic heterocycles. The lowest BCUT2D eigenvalue weighted by molar-refractivity contribution is -0.332. The minimum absolute atomic E-state index is 0.172. The summed E-state index contributed by atoms with van der Waals surface area (Å²) in [5.41, 5.74) is 0. The van der Waals surface area contributed by atoms with Crippen molar-refractivity contribution in [3.05, 3.63) is 12.2 Å². The zero-order chi connectivity index (χ0) is 57.4. The number of ether oxygens (including phenoxy) is 6. The predicted octanol–water partition coefficient (Wildman–Crippen LogP) is 12.5. The zero-order valence-corrected chi connectivity index (χ0v) is 50.1. The Morgan fingerprint density at radius 2 is 0.722 bits per heavy atom. The van der Waals surface area contributed by atoms with E-state index in [4.69, 9.17) is 28.4 Å². The fraction of sp³-hybridized carbons (Fsp3) is 0.938. The van der Waals surface area contributed by atoms with Gasteiger partial charge in [-0.15, -0.1) is 0 Å². The molecule has 2 aliphatic heterocycles. The van der Waals surface area contributed by atoms with E-state index in [9.17, 15) is 45.3 Å². The molecule has 2 rings (SSSR count). The fourth-order valence-corrected chi connectivity index (χ4v) is 10.7. The fourth-order valence-electron chi connectivity index (χ4n) is 10.7. The molecule has 0 aromatic carbocycles. The monoisotopic (exact) mass is 1130 g/mol. The molecule has 0 aromatic rings. The Balaban J connectivity index is 1.69. The van der Waals surface area contributed by atoms with E-state index in [0.717, 1.165) is 38.5 Å². The molecule has 0 saturated carbocycles. The van der Waals surface area contributed by atoms with E-state index in [0.29, 0.717) is 12.8 Å². The van der Waals surface area contributed by atoms with E-state index in [1.807, 2.05) is 0 Å². The molecule has 0 amide bonds. The maximum atomic E-state index is 13.1. The summed E-state index contributed by atoms with van der Waals surface area (Å²) < 4.78 is 33.8. The number of rotatable bonds is 54. The molecule has 2 aliphatic rings. The Morgan fingerprint density at radius 3 is 1.11 bits per heavy atom. The summed E-state index contributed by atoms with van der Waals surface area (Å²) in [4.78, 5) is 26.0. The quantitative estimate of drug-likeness (QED) is 0.0171. The molecule has 2 saturated heterocycles. The van der Waals surface area contributed by atoms with E-state index in [2.05, 4.69) is 26.0 Å². The Kier molecular flexibility index (Phi) is 47.1. The first-order valence-corrected chi connectivity index (χ1v) is 32.8. The summed E-state index contributed by atoms with van der Waals surface area (Å²) in [6, 6.07) is 0. The first kappa shape index (κ1) is 73.3. The molecule has 0 radical (unpaired) electrons. The van der Waals surface area contributed by atoms with Crippen LogP contribution in [0.3, 0.4) is 0 Å². The lowest BCUT2D eigenvalue weighted by Gasteiger charge is -2.42. The van der Waals surface area contributed by atoms with Crippen molar-refractivity contribution in [3.63, 3.8) is 0 Å². The van der Waals surface area contributed by atoms with Gasteiger partial charge in [0.2, 0.25) is 0 Å². The largest absolute Gasteiger partial charge is 0.462 e. The zero-order valence-electron chi connectivity index (χ0n) is 50.1. The minimum Gasteiger partial charge on any atom is -0.462 e. The van der Waals surface area contributed by atoms with Gasteiger partial charge in [-0.3, -0.25) is 9.59 Å². The number of aliphatic hydroxyl groups excluding tert-OH is 7. The van der Waals surface area contributed by atoms with Crippen LogP contribution in [0.15, 0.2) is 12.2 Å². The van der Waals surface area contributed by atoms with Gasteiger partial charge in [-0.25, -0.2) is 0 Å². The van der Waals surface area contributed by atoms with Gasteiger partial charge in [0.25, 0.3) is 0 Å². The molecule has 79 heavy (non-hydrogen) atoms. The van der Waals surface area contributed by atoms with Gasteiger partial charge < -0.3 is 64.2 Å². The number of carbonyl (C=O) groups is 2. The van der Waals surface area contributed by atoms with E-state index < -0.39 is 92.7 Å². The third kappa shape index (κ3) is 37.2. The van der Waals surface area contributed by atoms with Crippen LogP contribution < -0.4 is 0 Å². The topological polar surface area (TPSA) is 231 Å². The Morgan fingerprint density at radius 1 is 0.392 bits per heavy atom. The van der Waals surface area contributed by atoms with Crippen molar-refractivity contribution in [2.45, 2.75) is 357 Å². The second-order valence-corrected chi connectivity index (χ2v) is 23.3. The highest BCUT2D eigenvalue weighted by atomic mass is 16.7. The highest BCUT2D eigenvalue weighted by molar-refractivity contribution is 5.70. The first-order chi connectivity index (χ1) is 38.5. The van der Waals surface area contributed by atoms with Crippen molar-refractivity contribution >= 4 is 11.9 Å².